The van der Waals surface area contributed by atoms with Gasteiger partial charge in [-0.3, -0.25) is 4.79 Å². The van der Waals surface area contributed by atoms with Crippen molar-refractivity contribution in [2.75, 3.05) is 6.61 Å². The second-order valence-electron chi connectivity index (χ2n) is 3.92. The molecule has 0 saturated carbocycles. The third-order valence-electron chi connectivity index (χ3n) is 2.71. The molecule has 0 aromatic carbocycles. The fourth-order valence-electron chi connectivity index (χ4n) is 1.73. The SMILES string of the molecule is C=CCCC[C@@H]1C(=O)OC[C@H](C)[C@H]1O. The van der Waals surface area contributed by atoms with E-state index in [0.29, 0.717) is 13.0 Å². The molecule has 1 rings (SSSR count). The van der Waals surface area contributed by atoms with Crippen molar-refractivity contribution in [3.8, 4) is 0 Å². The molecule has 0 spiro atoms. The van der Waals surface area contributed by atoms with Gasteiger partial charge in [0, 0.05) is 5.92 Å². The van der Waals surface area contributed by atoms with Gasteiger partial charge in [0.15, 0.2) is 0 Å². The molecule has 1 fully saturated rings. The molecular weight excluding hydrogens is 180 g/mol. The maximum atomic E-state index is 11.3. The highest BCUT2D eigenvalue weighted by Gasteiger charge is 2.36. The third-order valence-corrected chi connectivity index (χ3v) is 2.71. The zero-order valence-electron chi connectivity index (χ0n) is 8.61. The number of carbonyl (C=O) groups excluding carboxylic acids is 1. The molecule has 1 saturated heterocycles. The normalized spacial score (nSPS) is 32.4. The molecule has 3 atom stereocenters. The number of carbonyl (C=O) groups is 1. The number of cyclic esters (lactones) is 1. The molecule has 1 N–H and O–H groups in total. The van der Waals surface area contributed by atoms with Gasteiger partial charge < -0.3 is 9.84 Å². The quantitative estimate of drug-likeness (QED) is 0.423. The number of aliphatic hydroxyl groups is 1. The summed E-state index contributed by atoms with van der Waals surface area (Å²) in [4.78, 5) is 11.3. The average Bonchev–Trinajstić information content (AvgIpc) is 2.18. The topological polar surface area (TPSA) is 46.5 Å². The van der Waals surface area contributed by atoms with Crippen LogP contribution in [0.15, 0.2) is 12.7 Å². The van der Waals surface area contributed by atoms with Crippen LogP contribution in [0.5, 0.6) is 0 Å². The third kappa shape index (κ3) is 2.58. The number of allylic oxidation sites excluding steroid dienone is 1. The summed E-state index contributed by atoms with van der Waals surface area (Å²) in [5.41, 5.74) is 0. The van der Waals surface area contributed by atoms with Gasteiger partial charge in [-0.15, -0.1) is 6.58 Å². The molecule has 80 valence electrons. The summed E-state index contributed by atoms with van der Waals surface area (Å²) in [6.07, 6.45) is 3.74. The lowest BCUT2D eigenvalue weighted by Crippen LogP contribution is -2.42. The van der Waals surface area contributed by atoms with Crippen LogP contribution >= 0.6 is 0 Å². The zero-order chi connectivity index (χ0) is 10.6. The lowest BCUT2D eigenvalue weighted by molar-refractivity contribution is -0.166. The Morgan fingerprint density at radius 2 is 2.43 bits per heavy atom. The van der Waals surface area contributed by atoms with Crippen molar-refractivity contribution in [1.82, 2.24) is 0 Å². The lowest BCUT2D eigenvalue weighted by atomic mass is 9.86. The maximum Gasteiger partial charge on any atom is 0.311 e. The molecule has 14 heavy (non-hydrogen) atoms. The summed E-state index contributed by atoms with van der Waals surface area (Å²) in [6, 6.07) is 0. The minimum absolute atomic E-state index is 0.0569. The molecule has 3 nitrogen and oxygen atoms in total. The second-order valence-corrected chi connectivity index (χ2v) is 3.92. The highest BCUT2D eigenvalue weighted by atomic mass is 16.5. The van der Waals surface area contributed by atoms with E-state index in [-0.39, 0.29) is 17.8 Å². The molecule has 1 heterocycles. The van der Waals surface area contributed by atoms with Gasteiger partial charge in [-0.25, -0.2) is 0 Å². The highest BCUT2D eigenvalue weighted by Crippen LogP contribution is 2.25. The van der Waals surface area contributed by atoms with Crippen molar-refractivity contribution in [2.24, 2.45) is 11.8 Å². The van der Waals surface area contributed by atoms with E-state index in [1.54, 1.807) is 0 Å². The van der Waals surface area contributed by atoms with Crippen LogP contribution in [0, 0.1) is 11.8 Å². The van der Waals surface area contributed by atoms with Crippen LogP contribution in [-0.2, 0) is 9.53 Å². The Bertz CT molecular complexity index is 213. The number of unbranched alkanes of at least 4 members (excludes halogenated alkanes) is 1. The molecule has 3 heteroatoms. The standard InChI is InChI=1S/C11H18O3/c1-3-4-5-6-9-10(12)8(2)7-14-11(9)13/h3,8-10,12H,1,4-7H2,2H3/t8-,9-,10+/m0/s1. The van der Waals surface area contributed by atoms with E-state index in [9.17, 15) is 9.90 Å². The van der Waals surface area contributed by atoms with Gasteiger partial charge in [0.25, 0.3) is 0 Å². The maximum absolute atomic E-state index is 11.3. The van der Waals surface area contributed by atoms with Gasteiger partial charge in [0.2, 0.25) is 0 Å². The van der Waals surface area contributed by atoms with E-state index in [4.69, 9.17) is 4.74 Å². The summed E-state index contributed by atoms with van der Waals surface area (Å²) in [5, 5.41) is 9.78. The van der Waals surface area contributed by atoms with Crippen molar-refractivity contribution in [1.29, 1.82) is 0 Å². The molecule has 0 radical (unpaired) electrons. The Balaban J connectivity index is 2.45. The van der Waals surface area contributed by atoms with Gasteiger partial charge in [0.05, 0.1) is 18.6 Å². The molecule has 0 aromatic rings. The molecule has 0 aromatic heterocycles. The van der Waals surface area contributed by atoms with Crippen LogP contribution < -0.4 is 0 Å². The molecule has 0 unspecified atom stereocenters. The minimum Gasteiger partial charge on any atom is -0.465 e. The number of esters is 1. The van der Waals surface area contributed by atoms with E-state index >= 15 is 0 Å². The highest BCUT2D eigenvalue weighted by molar-refractivity contribution is 5.73. The smallest absolute Gasteiger partial charge is 0.311 e. The van der Waals surface area contributed by atoms with Crippen molar-refractivity contribution in [3.63, 3.8) is 0 Å². The predicted molar refractivity (Wildman–Crippen MR) is 53.7 cm³/mol. The Hall–Kier alpha value is -0.830. The zero-order valence-corrected chi connectivity index (χ0v) is 8.61. The first-order chi connectivity index (χ1) is 6.66. The van der Waals surface area contributed by atoms with E-state index in [1.165, 1.54) is 0 Å². The van der Waals surface area contributed by atoms with E-state index < -0.39 is 6.10 Å². The molecule has 1 aliphatic rings. The van der Waals surface area contributed by atoms with Gasteiger partial charge in [-0.05, 0) is 19.3 Å². The van der Waals surface area contributed by atoms with Crippen LogP contribution in [0.2, 0.25) is 0 Å². The number of hydrogen-bond donors (Lipinski definition) is 1. The first kappa shape index (κ1) is 11.2. The first-order valence-corrected chi connectivity index (χ1v) is 5.12. The largest absolute Gasteiger partial charge is 0.465 e. The van der Waals surface area contributed by atoms with Crippen LogP contribution in [-0.4, -0.2) is 23.8 Å². The molecule has 1 aliphatic heterocycles. The van der Waals surface area contributed by atoms with E-state index in [0.717, 1.165) is 12.8 Å². The van der Waals surface area contributed by atoms with Gasteiger partial charge >= 0.3 is 5.97 Å². The van der Waals surface area contributed by atoms with Gasteiger partial charge in [0.1, 0.15) is 0 Å². The van der Waals surface area contributed by atoms with E-state index in [1.807, 2.05) is 13.0 Å². The van der Waals surface area contributed by atoms with Crippen molar-refractivity contribution in [2.45, 2.75) is 32.3 Å². The van der Waals surface area contributed by atoms with Crippen LogP contribution in [0.4, 0.5) is 0 Å². The molecular formula is C11H18O3. The second kappa shape index (κ2) is 5.15. The summed E-state index contributed by atoms with van der Waals surface area (Å²) in [6.45, 7) is 5.86. The van der Waals surface area contributed by atoms with Crippen LogP contribution in [0.1, 0.15) is 26.2 Å². The van der Waals surface area contributed by atoms with E-state index in [2.05, 4.69) is 6.58 Å². The van der Waals surface area contributed by atoms with Crippen molar-refractivity contribution < 1.29 is 14.6 Å². The van der Waals surface area contributed by atoms with Crippen LogP contribution in [0.25, 0.3) is 0 Å². The Morgan fingerprint density at radius 3 is 3.07 bits per heavy atom. The predicted octanol–water partition coefficient (Wildman–Crippen LogP) is 1.51. The Labute approximate surface area is 84.8 Å². The lowest BCUT2D eigenvalue weighted by Gasteiger charge is -2.31. The number of hydrogen-bond acceptors (Lipinski definition) is 3. The monoisotopic (exact) mass is 198 g/mol. The summed E-state index contributed by atoms with van der Waals surface area (Å²) < 4.78 is 4.98. The minimum atomic E-state index is -0.541. The van der Waals surface area contributed by atoms with Gasteiger partial charge in [-0.1, -0.05) is 13.0 Å². The Morgan fingerprint density at radius 1 is 1.71 bits per heavy atom. The van der Waals surface area contributed by atoms with Crippen molar-refractivity contribution in [3.05, 3.63) is 12.7 Å². The van der Waals surface area contributed by atoms with Gasteiger partial charge in [-0.2, -0.15) is 0 Å². The number of ether oxygens (including phenoxy) is 1. The fourth-order valence-corrected chi connectivity index (χ4v) is 1.73. The molecule has 0 amide bonds. The van der Waals surface area contributed by atoms with Crippen molar-refractivity contribution >= 4 is 5.97 Å². The summed E-state index contributed by atoms with van der Waals surface area (Å²) in [5.74, 6) is -0.528. The summed E-state index contributed by atoms with van der Waals surface area (Å²) in [7, 11) is 0. The summed E-state index contributed by atoms with van der Waals surface area (Å²) >= 11 is 0. The number of rotatable bonds is 4. The fraction of sp³-hybridized carbons (Fsp3) is 0.727. The average molecular weight is 198 g/mol. The molecule has 0 bridgehead atoms. The molecule has 0 aliphatic carbocycles. The van der Waals surface area contributed by atoms with Crippen LogP contribution in [0.3, 0.4) is 0 Å². The Kier molecular flexibility index (Phi) is 4.14. The number of aliphatic hydroxyl groups excluding tert-OH is 1. The first-order valence-electron chi connectivity index (χ1n) is 5.12.